The Morgan fingerprint density at radius 2 is 2.06 bits per heavy atom. The molecule has 0 radical (unpaired) electrons. The molecule has 0 spiro atoms. The lowest BCUT2D eigenvalue weighted by Crippen LogP contribution is -2.55. The second-order valence-corrected chi connectivity index (χ2v) is 4.82. The first-order chi connectivity index (χ1) is 8.20. The van der Waals surface area contributed by atoms with E-state index in [4.69, 9.17) is 4.74 Å². The average molecular weight is 234 g/mol. The third-order valence-corrected chi connectivity index (χ3v) is 3.48. The molecule has 3 nitrogen and oxygen atoms in total. The third-order valence-electron chi connectivity index (χ3n) is 3.48. The van der Waals surface area contributed by atoms with Gasteiger partial charge in [-0.3, -0.25) is 0 Å². The largest absolute Gasteiger partial charge is 0.496 e. The van der Waals surface area contributed by atoms with Crippen LogP contribution in [-0.2, 0) is 6.42 Å². The first-order valence-corrected chi connectivity index (χ1v) is 6.31. The molecule has 1 aliphatic heterocycles. The van der Waals surface area contributed by atoms with Gasteiger partial charge in [-0.25, -0.2) is 0 Å². The molecule has 0 saturated carbocycles. The standard InChI is InChI=1S/C14H22N2O/c1-10-4-5-14(17-3)12(8-10)9-13-11(2)15-6-7-16-13/h4-5,8,11,13,15-16H,6-7,9H2,1-3H3. The fraction of sp³-hybridized carbons (Fsp3) is 0.571. The van der Waals surface area contributed by atoms with Crippen molar-refractivity contribution >= 4 is 0 Å². The molecule has 1 saturated heterocycles. The molecule has 2 N–H and O–H groups in total. The van der Waals surface area contributed by atoms with Crippen molar-refractivity contribution in [3.63, 3.8) is 0 Å². The molecule has 17 heavy (non-hydrogen) atoms. The highest BCUT2D eigenvalue weighted by molar-refractivity contribution is 5.37. The van der Waals surface area contributed by atoms with Crippen LogP contribution in [0.25, 0.3) is 0 Å². The Bertz CT molecular complexity index is 378. The molecule has 3 heteroatoms. The number of piperazine rings is 1. The Kier molecular flexibility index (Phi) is 4.02. The predicted octanol–water partition coefficient (Wildman–Crippen LogP) is 1.50. The quantitative estimate of drug-likeness (QED) is 0.831. The van der Waals surface area contributed by atoms with Crippen LogP contribution in [0.2, 0.25) is 0 Å². The highest BCUT2D eigenvalue weighted by Crippen LogP contribution is 2.22. The van der Waals surface area contributed by atoms with Crippen LogP contribution in [0.5, 0.6) is 5.75 Å². The van der Waals surface area contributed by atoms with E-state index in [2.05, 4.69) is 42.7 Å². The van der Waals surface area contributed by atoms with Gasteiger partial charge in [0.05, 0.1) is 7.11 Å². The monoisotopic (exact) mass is 234 g/mol. The summed E-state index contributed by atoms with van der Waals surface area (Å²) in [6.45, 7) is 6.46. The van der Waals surface area contributed by atoms with Crippen LogP contribution in [-0.4, -0.2) is 32.3 Å². The average Bonchev–Trinajstić information content (AvgIpc) is 2.32. The third kappa shape index (κ3) is 2.99. The number of ether oxygens (including phenoxy) is 1. The summed E-state index contributed by atoms with van der Waals surface area (Å²) in [4.78, 5) is 0. The van der Waals surface area contributed by atoms with Gasteiger partial charge in [-0.1, -0.05) is 17.7 Å². The lowest BCUT2D eigenvalue weighted by molar-refractivity contribution is 0.332. The van der Waals surface area contributed by atoms with E-state index in [-0.39, 0.29) is 0 Å². The van der Waals surface area contributed by atoms with Crippen molar-refractivity contribution in [2.45, 2.75) is 32.4 Å². The molecule has 1 aromatic rings. The van der Waals surface area contributed by atoms with Gasteiger partial charge in [0.25, 0.3) is 0 Å². The van der Waals surface area contributed by atoms with Crippen molar-refractivity contribution in [2.24, 2.45) is 0 Å². The summed E-state index contributed by atoms with van der Waals surface area (Å²) in [5.74, 6) is 0.996. The maximum atomic E-state index is 5.43. The lowest BCUT2D eigenvalue weighted by atomic mass is 9.97. The van der Waals surface area contributed by atoms with Gasteiger partial charge in [-0.15, -0.1) is 0 Å². The van der Waals surface area contributed by atoms with E-state index >= 15 is 0 Å². The van der Waals surface area contributed by atoms with Gasteiger partial charge in [-0.2, -0.15) is 0 Å². The summed E-state index contributed by atoms with van der Waals surface area (Å²) in [5, 5.41) is 7.07. The van der Waals surface area contributed by atoms with Crippen LogP contribution in [0.15, 0.2) is 18.2 Å². The van der Waals surface area contributed by atoms with Crippen molar-refractivity contribution in [3.05, 3.63) is 29.3 Å². The maximum Gasteiger partial charge on any atom is 0.122 e. The van der Waals surface area contributed by atoms with Crippen LogP contribution in [0.1, 0.15) is 18.1 Å². The zero-order valence-electron chi connectivity index (χ0n) is 10.9. The highest BCUT2D eigenvalue weighted by Gasteiger charge is 2.21. The van der Waals surface area contributed by atoms with Gasteiger partial charge in [0.1, 0.15) is 5.75 Å². The normalized spacial score (nSPS) is 24.6. The first-order valence-electron chi connectivity index (χ1n) is 6.31. The molecule has 0 aromatic heterocycles. The van der Waals surface area contributed by atoms with E-state index in [0.717, 1.165) is 25.3 Å². The van der Waals surface area contributed by atoms with Crippen LogP contribution in [0.4, 0.5) is 0 Å². The van der Waals surface area contributed by atoms with Crippen molar-refractivity contribution in [1.82, 2.24) is 10.6 Å². The van der Waals surface area contributed by atoms with E-state index < -0.39 is 0 Å². The number of nitrogens with one attached hydrogen (secondary N) is 2. The molecule has 0 bridgehead atoms. The lowest BCUT2D eigenvalue weighted by Gasteiger charge is -2.31. The van der Waals surface area contributed by atoms with E-state index in [1.54, 1.807) is 7.11 Å². The highest BCUT2D eigenvalue weighted by atomic mass is 16.5. The van der Waals surface area contributed by atoms with E-state index in [0.29, 0.717) is 12.1 Å². The predicted molar refractivity (Wildman–Crippen MR) is 70.7 cm³/mol. The second-order valence-electron chi connectivity index (χ2n) is 4.82. The Morgan fingerprint density at radius 1 is 1.29 bits per heavy atom. The summed E-state index contributed by atoms with van der Waals surface area (Å²) in [5.41, 5.74) is 2.58. The van der Waals surface area contributed by atoms with Gasteiger partial charge in [0, 0.05) is 25.2 Å². The van der Waals surface area contributed by atoms with E-state index in [9.17, 15) is 0 Å². The van der Waals surface area contributed by atoms with Crippen LogP contribution in [0, 0.1) is 6.92 Å². The molecular weight excluding hydrogens is 212 g/mol. The van der Waals surface area contributed by atoms with Crippen LogP contribution < -0.4 is 15.4 Å². The molecule has 1 fully saturated rings. The van der Waals surface area contributed by atoms with E-state index in [1.165, 1.54) is 11.1 Å². The Hall–Kier alpha value is -1.06. The van der Waals surface area contributed by atoms with Gasteiger partial charge in [0.15, 0.2) is 0 Å². The Morgan fingerprint density at radius 3 is 2.76 bits per heavy atom. The number of aryl methyl sites for hydroxylation is 1. The summed E-state index contributed by atoms with van der Waals surface area (Å²) < 4.78 is 5.43. The molecule has 1 heterocycles. The number of benzene rings is 1. The minimum absolute atomic E-state index is 0.486. The molecule has 2 unspecified atom stereocenters. The van der Waals surface area contributed by atoms with Gasteiger partial charge in [0.2, 0.25) is 0 Å². The molecule has 2 rings (SSSR count). The molecule has 1 aliphatic rings. The molecule has 0 aliphatic carbocycles. The van der Waals surface area contributed by atoms with E-state index in [1.807, 2.05) is 0 Å². The zero-order valence-corrected chi connectivity index (χ0v) is 10.9. The first kappa shape index (κ1) is 12.4. The Labute approximate surface area is 104 Å². The van der Waals surface area contributed by atoms with Crippen LogP contribution >= 0.6 is 0 Å². The number of hydrogen-bond donors (Lipinski definition) is 2. The van der Waals surface area contributed by atoms with Crippen molar-refractivity contribution in [2.75, 3.05) is 20.2 Å². The smallest absolute Gasteiger partial charge is 0.122 e. The number of hydrogen-bond acceptors (Lipinski definition) is 3. The summed E-state index contributed by atoms with van der Waals surface area (Å²) in [6, 6.07) is 7.37. The Balaban J connectivity index is 2.13. The molecule has 2 atom stereocenters. The van der Waals surface area contributed by atoms with Crippen molar-refractivity contribution in [3.8, 4) is 5.75 Å². The molecule has 0 amide bonds. The minimum atomic E-state index is 0.486. The van der Waals surface area contributed by atoms with Gasteiger partial charge < -0.3 is 15.4 Å². The second kappa shape index (κ2) is 5.52. The molecule has 94 valence electrons. The maximum absolute atomic E-state index is 5.43. The zero-order chi connectivity index (χ0) is 12.3. The molecule has 1 aromatic carbocycles. The van der Waals surface area contributed by atoms with Gasteiger partial charge in [-0.05, 0) is 31.9 Å². The summed E-state index contributed by atoms with van der Waals surface area (Å²) in [7, 11) is 1.74. The fourth-order valence-electron chi connectivity index (χ4n) is 2.43. The SMILES string of the molecule is COc1ccc(C)cc1CC1NCCNC1C. The van der Waals surface area contributed by atoms with Crippen molar-refractivity contribution in [1.29, 1.82) is 0 Å². The molecular formula is C14H22N2O. The summed E-state index contributed by atoms with van der Waals surface area (Å²) >= 11 is 0. The number of rotatable bonds is 3. The van der Waals surface area contributed by atoms with Crippen molar-refractivity contribution < 1.29 is 4.74 Å². The summed E-state index contributed by atoms with van der Waals surface area (Å²) in [6.07, 6.45) is 1.01. The van der Waals surface area contributed by atoms with Crippen LogP contribution in [0.3, 0.4) is 0 Å². The minimum Gasteiger partial charge on any atom is -0.496 e. The topological polar surface area (TPSA) is 33.3 Å². The fourth-order valence-corrected chi connectivity index (χ4v) is 2.43. The van der Waals surface area contributed by atoms with Gasteiger partial charge >= 0.3 is 0 Å². The number of methoxy groups -OCH3 is 1.